The number of benzene rings is 3. The van der Waals surface area contributed by atoms with Gasteiger partial charge in [0.2, 0.25) is 0 Å². The van der Waals surface area contributed by atoms with Crippen LogP contribution in [0, 0.1) is 5.92 Å². The summed E-state index contributed by atoms with van der Waals surface area (Å²) >= 11 is 0. The van der Waals surface area contributed by atoms with Crippen LogP contribution in [0.15, 0.2) is 84.9 Å². The van der Waals surface area contributed by atoms with Crippen LogP contribution in [-0.4, -0.2) is 11.8 Å². The molecule has 3 aromatic rings. The largest absolute Gasteiger partial charge is 0.452 e. The van der Waals surface area contributed by atoms with Crippen LogP contribution in [0.25, 0.3) is 0 Å². The molecule has 0 aliphatic heterocycles. The van der Waals surface area contributed by atoms with E-state index in [0.717, 1.165) is 16.7 Å². The van der Waals surface area contributed by atoms with Gasteiger partial charge in [0.1, 0.15) is 5.92 Å². The summed E-state index contributed by atoms with van der Waals surface area (Å²) in [5.74, 6) is -1.38. The van der Waals surface area contributed by atoms with Gasteiger partial charge < -0.3 is 4.74 Å². The van der Waals surface area contributed by atoms with Crippen LogP contribution < -0.4 is 0 Å². The number of hydrogen-bond donors (Lipinski definition) is 0. The number of Topliss-reactive ketones (excluding diaryl/α,β-unsaturated/α-hetero) is 1. The lowest BCUT2D eigenvalue weighted by Gasteiger charge is -2.20. The standard InChI is InChI=1S/C23H18O3/c24-21-19-14-8-7-13-18(19)15-20(21)23(25)26-22(16-9-3-1-4-10-16)17-11-5-2-6-12-17/h1-14,20,22H,15H2. The zero-order valence-corrected chi connectivity index (χ0v) is 14.2. The quantitative estimate of drug-likeness (QED) is 0.522. The molecule has 1 atom stereocenters. The van der Waals surface area contributed by atoms with Crippen LogP contribution in [0.4, 0.5) is 0 Å². The molecule has 0 aromatic heterocycles. The van der Waals surface area contributed by atoms with Crippen molar-refractivity contribution >= 4 is 11.8 Å². The predicted octanol–water partition coefficient (Wildman–Crippen LogP) is 4.37. The van der Waals surface area contributed by atoms with E-state index in [1.54, 1.807) is 6.07 Å². The molecular formula is C23H18O3. The third-order valence-corrected chi connectivity index (χ3v) is 4.75. The molecule has 26 heavy (non-hydrogen) atoms. The zero-order chi connectivity index (χ0) is 17.9. The molecule has 0 bridgehead atoms. The summed E-state index contributed by atoms with van der Waals surface area (Å²) in [6.07, 6.45) is -0.120. The molecule has 3 aromatic carbocycles. The Kier molecular flexibility index (Phi) is 4.36. The van der Waals surface area contributed by atoms with Crippen molar-refractivity contribution in [2.24, 2.45) is 5.92 Å². The monoisotopic (exact) mass is 342 g/mol. The second kappa shape index (κ2) is 6.96. The van der Waals surface area contributed by atoms with E-state index in [-0.39, 0.29) is 5.78 Å². The predicted molar refractivity (Wildman–Crippen MR) is 98.8 cm³/mol. The van der Waals surface area contributed by atoms with Crippen molar-refractivity contribution in [1.82, 2.24) is 0 Å². The van der Waals surface area contributed by atoms with Gasteiger partial charge in [0.05, 0.1) is 0 Å². The van der Waals surface area contributed by atoms with E-state index in [1.807, 2.05) is 78.9 Å². The molecule has 1 aliphatic carbocycles. The van der Waals surface area contributed by atoms with E-state index in [2.05, 4.69) is 0 Å². The van der Waals surface area contributed by atoms with Crippen LogP contribution in [-0.2, 0) is 16.0 Å². The van der Waals surface area contributed by atoms with Crippen molar-refractivity contribution in [3.8, 4) is 0 Å². The van der Waals surface area contributed by atoms with E-state index < -0.39 is 18.0 Å². The van der Waals surface area contributed by atoms with Gasteiger partial charge >= 0.3 is 5.97 Å². The fourth-order valence-corrected chi connectivity index (χ4v) is 3.41. The Morgan fingerprint density at radius 3 is 1.92 bits per heavy atom. The highest BCUT2D eigenvalue weighted by atomic mass is 16.5. The van der Waals surface area contributed by atoms with Gasteiger partial charge in [-0.3, -0.25) is 9.59 Å². The van der Waals surface area contributed by atoms with Crippen molar-refractivity contribution in [1.29, 1.82) is 0 Å². The summed E-state index contributed by atoms with van der Waals surface area (Å²) in [6.45, 7) is 0. The Hall–Kier alpha value is -3.20. The van der Waals surface area contributed by atoms with Gasteiger partial charge in [0, 0.05) is 5.56 Å². The maximum absolute atomic E-state index is 12.8. The Morgan fingerprint density at radius 2 is 1.35 bits per heavy atom. The van der Waals surface area contributed by atoms with Gasteiger partial charge in [-0.15, -0.1) is 0 Å². The first-order valence-electron chi connectivity index (χ1n) is 8.66. The Bertz CT molecular complexity index is 892. The van der Waals surface area contributed by atoms with Crippen LogP contribution in [0.1, 0.15) is 33.2 Å². The minimum atomic E-state index is -0.762. The molecule has 0 saturated heterocycles. The molecule has 0 fully saturated rings. The highest BCUT2D eigenvalue weighted by molar-refractivity contribution is 6.12. The summed E-state index contributed by atoms with van der Waals surface area (Å²) in [6, 6.07) is 26.6. The Morgan fingerprint density at radius 1 is 0.808 bits per heavy atom. The number of hydrogen-bond acceptors (Lipinski definition) is 3. The molecule has 0 heterocycles. The number of fused-ring (bicyclic) bond motifs is 1. The maximum Gasteiger partial charge on any atom is 0.318 e. The van der Waals surface area contributed by atoms with Crippen LogP contribution in [0.5, 0.6) is 0 Å². The third-order valence-electron chi connectivity index (χ3n) is 4.75. The fraction of sp³-hybridized carbons (Fsp3) is 0.130. The Labute approximate surface area is 152 Å². The number of esters is 1. The van der Waals surface area contributed by atoms with E-state index in [1.165, 1.54) is 0 Å². The first-order valence-corrected chi connectivity index (χ1v) is 8.66. The summed E-state index contributed by atoms with van der Waals surface area (Å²) < 4.78 is 5.85. The van der Waals surface area contributed by atoms with Crippen molar-refractivity contribution in [3.63, 3.8) is 0 Å². The average molecular weight is 342 g/mol. The number of ether oxygens (including phenoxy) is 1. The SMILES string of the molecule is O=C(OC(c1ccccc1)c1ccccc1)C1Cc2ccccc2C1=O. The molecule has 0 radical (unpaired) electrons. The molecule has 0 spiro atoms. The number of ketones is 1. The lowest BCUT2D eigenvalue weighted by atomic mass is 10.0. The summed E-state index contributed by atoms with van der Waals surface area (Å²) in [7, 11) is 0. The van der Waals surface area contributed by atoms with Crippen molar-refractivity contribution in [3.05, 3.63) is 107 Å². The van der Waals surface area contributed by atoms with E-state index in [4.69, 9.17) is 4.74 Å². The lowest BCUT2D eigenvalue weighted by Crippen LogP contribution is -2.25. The smallest absolute Gasteiger partial charge is 0.318 e. The first-order chi connectivity index (χ1) is 12.7. The molecule has 3 heteroatoms. The van der Waals surface area contributed by atoms with Gasteiger partial charge in [-0.1, -0.05) is 84.9 Å². The number of carbonyl (C=O) groups excluding carboxylic acids is 2. The van der Waals surface area contributed by atoms with Gasteiger partial charge in [-0.25, -0.2) is 0 Å². The minimum absolute atomic E-state index is 0.148. The van der Waals surface area contributed by atoms with E-state index in [9.17, 15) is 9.59 Å². The average Bonchev–Trinajstić information content (AvgIpc) is 3.04. The normalized spacial score (nSPS) is 15.7. The van der Waals surface area contributed by atoms with Gasteiger partial charge in [-0.05, 0) is 23.1 Å². The fourth-order valence-electron chi connectivity index (χ4n) is 3.41. The lowest BCUT2D eigenvalue weighted by molar-refractivity contribution is -0.150. The molecule has 4 rings (SSSR count). The Balaban J connectivity index is 1.61. The molecule has 1 aliphatic rings. The van der Waals surface area contributed by atoms with Crippen molar-refractivity contribution < 1.29 is 14.3 Å². The maximum atomic E-state index is 12.8. The summed E-state index contributed by atoms with van der Waals surface area (Å²) in [5, 5.41) is 0. The third kappa shape index (κ3) is 3.04. The van der Waals surface area contributed by atoms with E-state index in [0.29, 0.717) is 12.0 Å². The summed E-state index contributed by atoms with van der Waals surface area (Å²) in [5.41, 5.74) is 3.31. The van der Waals surface area contributed by atoms with Crippen molar-refractivity contribution in [2.45, 2.75) is 12.5 Å². The molecule has 128 valence electrons. The molecule has 1 unspecified atom stereocenters. The molecular weight excluding hydrogens is 324 g/mol. The van der Waals surface area contributed by atoms with Gasteiger partial charge in [0.25, 0.3) is 0 Å². The van der Waals surface area contributed by atoms with Gasteiger partial charge in [0.15, 0.2) is 11.9 Å². The highest BCUT2D eigenvalue weighted by Crippen LogP contribution is 2.31. The van der Waals surface area contributed by atoms with Crippen LogP contribution >= 0.6 is 0 Å². The van der Waals surface area contributed by atoms with Gasteiger partial charge in [-0.2, -0.15) is 0 Å². The molecule has 0 N–H and O–H groups in total. The minimum Gasteiger partial charge on any atom is -0.452 e. The molecule has 3 nitrogen and oxygen atoms in total. The van der Waals surface area contributed by atoms with E-state index >= 15 is 0 Å². The second-order valence-corrected chi connectivity index (χ2v) is 6.42. The first kappa shape index (κ1) is 16.3. The van der Waals surface area contributed by atoms with Crippen LogP contribution in [0.2, 0.25) is 0 Å². The highest BCUT2D eigenvalue weighted by Gasteiger charge is 2.38. The van der Waals surface area contributed by atoms with Crippen LogP contribution in [0.3, 0.4) is 0 Å². The molecule has 0 saturated carbocycles. The number of carbonyl (C=O) groups is 2. The van der Waals surface area contributed by atoms with Crippen molar-refractivity contribution in [2.75, 3.05) is 0 Å². The molecule has 0 amide bonds. The number of rotatable bonds is 4. The topological polar surface area (TPSA) is 43.4 Å². The second-order valence-electron chi connectivity index (χ2n) is 6.42. The summed E-state index contributed by atoms with van der Waals surface area (Å²) in [4.78, 5) is 25.4. The zero-order valence-electron chi connectivity index (χ0n) is 14.2.